The van der Waals surface area contributed by atoms with Crippen LogP contribution in [0.15, 0.2) is 28.7 Å². The number of benzene rings is 1. The van der Waals surface area contributed by atoms with Crippen molar-refractivity contribution in [3.05, 3.63) is 34.3 Å². The van der Waals surface area contributed by atoms with E-state index in [2.05, 4.69) is 22.9 Å². The van der Waals surface area contributed by atoms with E-state index in [1.165, 1.54) is 70.6 Å². The summed E-state index contributed by atoms with van der Waals surface area (Å²) >= 11 is 3.37. The minimum Gasteiger partial charge on any atom is -0.462 e. The lowest BCUT2D eigenvalue weighted by molar-refractivity contribution is 0.0497. The Bertz CT molecular complexity index is 459. The Morgan fingerprint density at radius 3 is 1.88 bits per heavy atom. The van der Waals surface area contributed by atoms with Crippen molar-refractivity contribution in [3.63, 3.8) is 0 Å². The summed E-state index contributed by atoms with van der Waals surface area (Å²) in [7, 11) is 0. The number of hydrogen-bond acceptors (Lipinski definition) is 2. The van der Waals surface area contributed by atoms with Crippen LogP contribution in [0.5, 0.6) is 0 Å². The molecule has 0 saturated heterocycles. The average molecular weight is 411 g/mol. The van der Waals surface area contributed by atoms with Gasteiger partial charge >= 0.3 is 5.97 Å². The average Bonchev–Trinajstić information content (AvgIpc) is 2.62. The van der Waals surface area contributed by atoms with Gasteiger partial charge in [-0.1, -0.05) is 106 Å². The van der Waals surface area contributed by atoms with Gasteiger partial charge in [-0.2, -0.15) is 0 Å². The maximum atomic E-state index is 11.9. The van der Waals surface area contributed by atoms with Gasteiger partial charge in [0.1, 0.15) is 0 Å². The fraction of sp³-hybridized carbons (Fsp3) is 0.682. The second-order valence-electron chi connectivity index (χ2n) is 6.89. The molecule has 0 bridgehead atoms. The lowest BCUT2D eigenvalue weighted by Gasteiger charge is -2.05. The molecule has 0 atom stereocenters. The molecule has 0 aromatic heterocycles. The Hall–Kier alpha value is -0.830. The highest BCUT2D eigenvalue weighted by Gasteiger charge is 2.06. The molecule has 2 nitrogen and oxygen atoms in total. The molecule has 1 rings (SSSR count). The van der Waals surface area contributed by atoms with Gasteiger partial charge in [0.15, 0.2) is 0 Å². The molecule has 0 spiro atoms. The maximum absolute atomic E-state index is 11.9. The lowest BCUT2D eigenvalue weighted by atomic mass is 10.0. The van der Waals surface area contributed by atoms with Gasteiger partial charge in [-0.3, -0.25) is 0 Å². The van der Waals surface area contributed by atoms with E-state index in [4.69, 9.17) is 4.74 Å². The molecule has 0 aliphatic rings. The van der Waals surface area contributed by atoms with E-state index < -0.39 is 0 Å². The Labute approximate surface area is 162 Å². The summed E-state index contributed by atoms with van der Waals surface area (Å²) in [6, 6.07) is 7.35. The quantitative estimate of drug-likeness (QED) is 0.218. The van der Waals surface area contributed by atoms with E-state index in [0.29, 0.717) is 12.2 Å². The van der Waals surface area contributed by atoms with Crippen LogP contribution >= 0.6 is 15.9 Å². The zero-order valence-electron chi connectivity index (χ0n) is 15.9. The third-order valence-electron chi connectivity index (χ3n) is 4.54. The zero-order valence-corrected chi connectivity index (χ0v) is 17.5. The first-order valence-corrected chi connectivity index (χ1v) is 11.0. The second-order valence-corrected chi connectivity index (χ2v) is 7.80. The molecule has 0 unspecified atom stereocenters. The fourth-order valence-corrected chi connectivity index (χ4v) is 3.38. The highest BCUT2D eigenvalue weighted by atomic mass is 79.9. The predicted octanol–water partition coefficient (Wildman–Crippen LogP) is 7.70. The van der Waals surface area contributed by atoms with Crippen molar-refractivity contribution in [2.45, 2.75) is 90.4 Å². The van der Waals surface area contributed by atoms with Crippen LogP contribution in [0, 0.1) is 0 Å². The van der Waals surface area contributed by atoms with Gasteiger partial charge in [-0.15, -0.1) is 0 Å². The summed E-state index contributed by atoms with van der Waals surface area (Å²) in [5.41, 5.74) is 0.615. The van der Waals surface area contributed by atoms with Gasteiger partial charge in [0.2, 0.25) is 0 Å². The highest BCUT2D eigenvalue weighted by molar-refractivity contribution is 9.10. The van der Waals surface area contributed by atoms with E-state index in [1.807, 2.05) is 12.1 Å². The van der Waals surface area contributed by atoms with Gasteiger partial charge in [-0.25, -0.2) is 4.79 Å². The van der Waals surface area contributed by atoms with E-state index in [9.17, 15) is 4.79 Å². The largest absolute Gasteiger partial charge is 0.462 e. The number of unbranched alkanes of at least 4 members (excludes halogenated alkanes) is 12. The van der Waals surface area contributed by atoms with Crippen molar-refractivity contribution in [2.24, 2.45) is 0 Å². The topological polar surface area (TPSA) is 26.3 Å². The number of halogens is 1. The van der Waals surface area contributed by atoms with Crippen LogP contribution < -0.4 is 0 Å². The smallest absolute Gasteiger partial charge is 0.338 e. The standard InChI is InChI=1S/C22H35BrO2/c1-2-3-4-5-6-7-8-9-10-11-12-13-14-18-25-22(24)20-16-15-17-21(23)19-20/h15-17,19H,2-14,18H2,1H3. The van der Waals surface area contributed by atoms with Crippen LogP contribution in [0.4, 0.5) is 0 Å². The van der Waals surface area contributed by atoms with Gasteiger partial charge in [0.25, 0.3) is 0 Å². The molecule has 1 aromatic carbocycles. The molecule has 1 aromatic rings. The maximum Gasteiger partial charge on any atom is 0.338 e. The normalized spacial score (nSPS) is 10.8. The molecule has 0 aliphatic heterocycles. The van der Waals surface area contributed by atoms with Crippen LogP contribution in [0.1, 0.15) is 101 Å². The van der Waals surface area contributed by atoms with Crippen molar-refractivity contribution < 1.29 is 9.53 Å². The van der Waals surface area contributed by atoms with E-state index >= 15 is 0 Å². The van der Waals surface area contributed by atoms with Crippen LogP contribution in [-0.2, 0) is 4.74 Å². The molecular weight excluding hydrogens is 376 g/mol. The molecule has 0 radical (unpaired) electrons. The third kappa shape index (κ3) is 12.2. The molecule has 3 heteroatoms. The molecule has 0 amide bonds. The molecule has 142 valence electrons. The number of rotatable bonds is 15. The van der Waals surface area contributed by atoms with Crippen LogP contribution in [0.25, 0.3) is 0 Å². The Morgan fingerprint density at radius 2 is 1.36 bits per heavy atom. The van der Waals surface area contributed by atoms with Crippen molar-refractivity contribution in [1.29, 1.82) is 0 Å². The third-order valence-corrected chi connectivity index (χ3v) is 5.03. The number of carbonyl (C=O) groups excluding carboxylic acids is 1. The molecule has 0 saturated carbocycles. The molecule has 0 aliphatic carbocycles. The predicted molar refractivity (Wildman–Crippen MR) is 110 cm³/mol. The molecule has 25 heavy (non-hydrogen) atoms. The van der Waals surface area contributed by atoms with E-state index in [-0.39, 0.29) is 5.97 Å². The number of esters is 1. The SMILES string of the molecule is CCCCCCCCCCCCCCCOC(=O)c1cccc(Br)c1. The van der Waals surface area contributed by atoms with E-state index in [1.54, 1.807) is 12.1 Å². The summed E-state index contributed by atoms with van der Waals surface area (Å²) < 4.78 is 6.23. The zero-order chi connectivity index (χ0) is 18.2. The van der Waals surface area contributed by atoms with Crippen LogP contribution in [-0.4, -0.2) is 12.6 Å². The summed E-state index contributed by atoms with van der Waals surface area (Å²) in [6.07, 6.45) is 17.2. The van der Waals surface area contributed by atoms with Crippen molar-refractivity contribution >= 4 is 21.9 Å². The number of ether oxygens (including phenoxy) is 1. The number of carbonyl (C=O) groups is 1. The highest BCUT2D eigenvalue weighted by Crippen LogP contribution is 2.14. The second kappa shape index (κ2) is 15.4. The van der Waals surface area contributed by atoms with Gasteiger partial charge in [-0.05, 0) is 24.6 Å². The number of hydrogen-bond donors (Lipinski definition) is 0. The first-order valence-electron chi connectivity index (χ1n) is 10.2. The van der Waals surface area contributed by atoms with Crippen molar-refractivity contribution in [2.75, 3.05) is 6.61 Å². The van der Waals surface area contributed by atoms with E-state index in [0.717, 1.165) is 17.3 Å². The Morgan fingerprint density at radius 1 is 0.840 bits per heavy atom. The minimum atomic E-state index is -0.222. The Kier molecular flexibility index (Phi) is 13.7. The summed E-state index contributed by atoms with van der Waals surface area (Å²) in [6.45, 7) is 2.80. The molecular formula is C22H35BrO2. The van der Waals surface area contributed by atoms with Crippen molar-refractivity contribution in [1.82, 2.24) is 0 Å². The van der Waals surface area contributed by atoms with Gasteiger partial charge in [0, 0.05) is 4.47 Å². The van der Waals surface area contributed by atoms with Crippen molar-refractivity contribution in [3.8, 4) is 0 Å². The summed E-state index contributed by atoms with van der Waals surface area (Å²) in [4.78, 5) is 11.9. The van der Waals surface area contributed by atoms with Crippen LogP contribution in [0.3, 0.4) is 0 Å². The first kappa shape index (κ1) is 22.2. The summed E-state index contributed by atoms with van der Waals surface area (Å²) in [5.74, 6) is -0.222. The molecule has 0 heterocycles. The minimum absolute atomic E-state index is 0.222. The van der Waals surface area contributed by atoms with Gasteiger partial charge < -0.3 is 4.74 Å². The van der Waals surface area contributed by atoms with Crippen LogP contribution in [0.2, 0.25) is 0 Å². The molecule has 0 N–H and O–H groups in total. The Balaban J connectivity index is 1.85. The summed E-state index contributed by atoms with van der Waals surface area (Å²) in [5, 5.41) is 0. The fourth-order valence-electron chi connectivity index (χ4n) is 2.98. The monoisotopic (exact) mass is 410 g/mol. The van der Waals surface area contributed by atoms with Gasteiger partial charge in [0.05, 0.1) is 12.2 Å². The molecule has 0 fully saturated rings. The lowest BCUT2D eigenvalue weighted by Crippen LogP contribution is -2.06. The first-order chi connectivity index (χ1) is 12.2.